The molecule has 0 saturated heterocycles. The van der Waals surface area contributed by atoms with Crippen LogP contribution in [0, 0.1) is 0 Å². The number of hydrogen-bond donors (Lipinski definition) is 1. The second-order valence-electron chi connectivity index (χ2n) is 5.99. The van der Waals surface area contributed by atoms with Crippen molar-refractivity contribution < 1.29 is 22.6 Å². The molecular weight excluding hydrogens is 411 g/mol. The normalized spacial score (nSPS) is 11.4. The van der Waals surface area contributed by atoms with Gasteiger partial charge in [0, 0.05) is 30.9 Å². The molecule has 11 heteroatoms. The van der Waals surface area contributed by atoms with E-state index in [1.54, 1.807) is 18.2 Å². The Kier molecular flexibility index (Phi) is 5.83. The highest BCUT2D eigenvalue weighted by atomic mass is 35.5. The first-order valence-corrected chi connectivity index (χ1v) is 8.69. The van der Waals surface area contributed by atoms with Gasteiger partial charge in [0.2, 0.25) is 5.28 Å². The third kappa shape index (κ3) is 4.53. The maximum absolute atomic E-state index is 12.9. The summed E-state index contributed by atoms with van der Waals surface area (Å²) >= 11 is 5.82. The highest BCUT2D eigenvalue weighted by molar-refractivity contribution is 6.28. The number of anilines is 1. The van der Waals surface area contributed by atoms with E-state index >= 15 is 0 Å². The zero-order valence-corrected chi connectivity index (χ0v) is 16.5. The third-order valence-corrected chi connectivity index (χ3v) is 4.29. The molecule has 29 heavy (non-hydrogen) atoms. The summed E-state index contributed by atoms with van der Waals surface area (Å²) in [7, 11) is 4.46. The average Bonchev–Trinajstić information content (AvgIpc) is 3.08. The van der Waals surface area contributed by atoms with Crippen molar-refractivity contribution >= 4 is 17.4 Å². The average molecular weight is 428 g/mol. The van der Waals surface area contributed by atoms with Gasteiger partial charge in [-0.2, -0.15) is 18.2 Å². The third-order valence-electron chi connectivity index (χ3n) is 4.10. The number of imidazole rings is 1. The molecule has 0 fully saturated rings. The molecule has 2 aromatic heterocycles. The molecule has 1 N–H and O–H groups in total. The Labute approximate surface area is 169 Å². The van der Waals surface area contributed by atoms with Gasteiger partial charge in [0.1, 0.15) is 11.6 Å². The minimum Gasteiger partial charge on any atom is -0.496 e. The number of nitrogens with one attached hydrogen (secondary N) is 1. The molecule has 7 nitrogen and oxygen atoms in total. The molecule has 0 unspecified atom stereocenters. The van der Waals surface area contributed by atoms with Crippen molar-refractivity contribution in [2.75, 3.05) is 19.5 Å². The molecule has 154 valence electrons. The van der Waals surface area contributed by atoms with Gasteiger partial charge in [-0.15, -0.1) is 0 Å². The first-order chi connectivity index (χ1) is 13.7. The van der Waals surface area contributed by atoms with E-state index in [-0.39, 0.29) is 11.1 Å². The fraction of sp³-hybridized carbons (Fsp3) is 0.278. The van der Waals surface area contributed by atoms with Crippen molar-refractivity contribution in [2.24, 2.45) is 7.05 Å². The van der Waals surface area contributed by atoms with Crippen LogP contribution in [0.5, 0.6) is 11.5 Å². The van der Waals surface area contributed by atoms with E-state index in [1.807, 2.05) is 0 Å². The van der Waals surface area contributed by atoms with Crippen molar-refractivity contribution in [1.29, 1.82) is 0 Å². The van der Waals surface area contributed by atoms with Crippen molar-refractivity contribution in [2.45, 2.75) is 12.7 Å². The van der Waals surface area contributed by atoms with Gasteiger partial charge in [0.15, 0.2) is 17.3 Å². The first kappa shape index (κ1) is 20.7. The molecule has 0 aliphatic heterocycles. The lowest BCUT2D eigenvalue weighted by Gasteiger charge is -2.13. The Bertz CT molecular complexity index is 1020. The monoisotopic (exact) mass is 427 g/mol. The van der Waals surface area contributed by atoms with Gasteiger partial charge in [0.25, 0.3) is 0 Å². The van der Waals surface area contributed by atoms with E-state index in [0.717, 1.165) is 11.8 Å². The van der Waals surface area contributed by atoms with Gasteiger partial charge >= 0.3 is 6.18 Å². The number of nitrogens with zero attached hydrogens (tertiary/aromatic N) is 4. The predicted octanol–water partition coefficient (Wildman–Crippen LogP) is 4.18. The lowest BCUT2D eigenvalue weighted by molar-refractivity contribution is -0.140. The van der Waals surface area contributed by atoms with Crippen molar-refractivity contribution in [3.8, 4) is 22.9 Å². The van der Waals surface area contributed by atoms with Crippen molar-refractivity contribution in [3.05, 3.63) is 47.1 Å². The van der Waals surface area contributed by atoms with E-state index in [4.69, 9.17) is 21.1 Å². The molecule has 0 saturated carbocycles. The number of alkyl halides is 3. The van der Waals surface area contributed by atoms with Crippen LogP contribution in [-0.4, -0.2) is 33.7 Å². The summed E-state index contributed by atoms with van der Waals surface area (Å²) in [6, 6.07) is 5.04. The Morgan fingerprint density at radius 1 is 1.14 bits per heavy atom. The summed E-state index contributed by atoms with van der Waals surface area (Å²) in [6.45, 7) is 0.307. The molecular formula is C18H17ClF3N5O2. The molecule has 0 atom stereocenters. The summed E-state index contributed by atoms with van der Waals surface area (Å²) in [5.74, 6) is 1.47. The topological polar surface area (TPSA) is 74.1 Å². The van der Waals surface area contributed by atoms with Crippen LogP contribution in [0.1, 0.15) is 11.3 Å². The summed E-state index contributed by atoms with van der Waals surface area (Å²) in [5.41, 5.74) is 0.289. The Balaban J connectivity index is 1.87. The molecule has 3 aromatic rings. The van der Waals surface area contributed by atoms with Crippen LogP contribution in [0.25, 0.3) is 11.4 Å². The largest absolute Gasteiger partial charge is 0.496 e. The summed E-state index contributed by atoms with van der Waals surface area (Å²) in [4.78, 5) is 11.6. The molecule has 0 aliphatic carbocycles. The van der Waals surface area contributed by atoms with E-state index in [1.165, 1.54) is 32.0 Å². The fourth-order valence-electron chi connectivity index (χ4n) is 2.71. The number of hydrogen-bond acceptors (Lipinski definition) is 6. The lowest BCUT2D eigenvalue weighted by Crippen LogP contribution is -2.06. The number of aromatic nitrogens is 4. The van der Waals surface area contributed by atoms with Crippen LogP contribution >= 0.6 is 11.6 Å². The summed E-state index contributed by atoms with van der Waals surface area (Å²) in [5, 5.41) is 3.14. The second-order valence-corrected chi connectivity index (χ2v) is 6.33. The zero-order chi connectivity index (χ0) is 21.2. The van der Waals surface area contributed by atoms with E-state index in [9.17, 15) is 13.2 Å². The minimum absolute atomic E-state index is 0.0610. The first-order valence-electron chi connectivity index (χ1n) is 8.31. The van der Waals surface area contributed by atoms with Crippen molar-refractivity contribution in [1.82, 2.24) is 19.5 Å². The Morgan fingerprint density at radius 3 is 2.48 bits per heavy atom. The van der Waals surface area contributed by atoms with Crippen molar-refractivity contribution in [3.63, 3.8) is 0 Å². The molecule has 0 spiro atoms. The minimum atomic E-state index is -4.51. The van der Waals surface area contributed by atoms with Crippen LogP contribution < -0.4 is 14.8 Å². The number of ether oxygens (including phenoxy) is 2. The molecule has 1 aromatic carbocycles. The molecule has 3 rings (SSSR count). The maximum atomic E-state index is 12.9. The van der Waals surface area contributed by atoms with Crippen LogP contribution in [-0.2, 0) is 19.8 Å². The zero-order valence-electron chi connectivity index (χ0n) is 15.7. The van der Waals surface area contributed by atoms with Gasteiger partial charge in [0.05, 0.1) is 20.4 Å². The Morgan fingerprint density at radius 2 is 1.86 bits per heavy atom. The summed E-state index contributed by atoms with van der Waals surface area (Å²) < 4.78 is 50.7. The number of halogens is 4. The number of benzene rings is 1. The van der Waals surface area contributed by atoms with E-state index in [0.29, 0.717) is 29.4 Å². The van der Waals surface area contributed by atoms with Gasteiger partial charge in [-0.3, -0.25) is 0 Å². The lowest BCUT2D eigenvalue weighted by atomic mass is 10.1. The van der Waals surface area contributed by atoms with Gasteiger partial charge in [-0.25, -0.2) is 9.97 Å². The predicted molar refractivity (Wildman–Crippen MR) is 101 cm³/mol. The molecule has 0 bridgehead atoms. The highest BCUT2D eigenvalue weighted by Crippen LogP contribution is 2.33. The van der Waals surface area contributed by atoms with E-state index < -0.39 is 11.9 Å². The Hall–Kier alpha value is -3.01. The quantitative estimate of drug-likeness (QED) is 0.595. The molecule has 0 aliphatic rings. The smallest absolute Gasteiger partial charge is 0.434 e. The van der Waals surface area contributed by atoms with Gasteiger partial charge < -0.3 is 19.4 Å². The maximum Gasteiger partial charge on any atom is 0.434 e. The van der Waals surface area contributed by atoms with Crippen LogP contribution in [0.2, 0.25) is 5.28 Å². The van der Waals surface area contributed by atoms with Gasteiger partial charge in [-0.1, -0.05) is 12.1 Å². The van der Waals surface area contributed by atoms with Gasteiger partial charge in [-0.05, 0) is 17.7 Å². The second kappa shape index (κ2) is 8.16. The molecule has 0 amide bonds. The number of methoxy groups -OCH3 is 2. The summed E-state index contributed by atoms with van der Waals surface area (Å²) in [6.07, 6.45) is -2.12. The van der Waals surface area contributed by atoms with Crippen LogP contribution in [0.3, 0.4) is 0 Å². The standard InChI is InChI=1S/C18H17ClF3N5O2/c1-27-9-14(18(20,21)22)25-16(27)10-4-5-11(12(6-10)28-2)7-23-15-13(29-3)8-24-17(19)26-15/h4-6,8-9H,7H2,1-3H3,(H,23,24,26). The number of aryl methyl sites for hydroxylation is 1. The number of rotatable bonds is 6. The molecule has 0 radical (unpaired) electrons. The highest BCUT2D eigenvalue weighted by Gasteiger charge is 2.34. The molecule has 2 heterocycles. The fourth-order valence-corrected chi connectivity index (χ4v) is 2.84. The van der Waals surface area contributed by atoms with Crippen LogP contribution in [0.4, 0.5) is 19.0 Å². The van der Waals surface area contributed by atoms with Crippen LogP contribution in [0.15, 0.2) is 30.6 Å². The van der Waals surface area contributed by atoms with E-state index in [2.05, 4.69) is 20.3 Å². The SMILES string of the molecule is COc1cc(-c2nc(C(F)(F)F)cn2C)ccc1CNc1nc(Cl)ncc1OC.